The van der Waals surface area contributed by atoms with Crippen LogP contribution in [0.1, 0.15) is 5.56 Å². The minimum atomic E-state index is -4.58. The Balaban J connectivity index is 2.03. The quantitative estimate of drug-likeness (QED) is 0.771. The summed E-state index contributed by atoms with van der Waals surface area (Å²) in [5.74, 6) is -0.653. The SMILES string of the molecule is CN(CCN1CCOCC1)C(=O)C=C(c1ccccc1)C(F)(F)F. The standard InChI is InChI=1S/C17H21F3N2O2/c1-21(7-8-22-9-11-24-12-10-22)16(23)13-15(17(18,19)20)14-5-3-2-4-6-14/h2-6,13H,7-12H2,1H3. The molecule has 1 aromatic carbocycles. The molecule has 0 aromatic heterocycles. The van der Waals surface area contributed by atoms with Crippen molar-refractivity contribution in [1.29, 1.82) is 0 Å². The van der Waals surface area contributed by atoms with Gasteiger partial charge in [-0.25, -0.2) is 0 Å². The van der Waals surface area contributed by atoms with Crippen molar-refractivity contribution in [1.82, 2.24) is 9.80 Å². The van der Waals surface area contributed by atoms with Gasteiger partial charge in [-0.3, -0.25) is 9.69 Å². The number of carbonyl (C=O) groups is 1. The van der Waals surface area contributed by atoms with E-state index in [1.165, 1.54) is 36.2 Å². The Morgan fingerprint density at radius 1 is 1.25 bits per heavy atom. The van der Waals surface area contributed by atoms with Gasteiger partial charge in [-0.15, -0.1) is 0 Å². The molecule has 1 heterocycles. The van der Waals surface area contributed by atoms with E-state index >= 15 is 0 Å². The lowest BCUT2D eigenvalue weighted by atomic mass is 10.0. The smallest absolute Gasteiger partial charge is 0.379 e. The number of likely N-dealkylation sites (N-methyl/N-ethyl adjacent to an activating group) is 1. The number of allylic oxidation sites excluding steroid dienone is 1. The molecule has 0 atom stereocenters. The molecule has 1 saturated heterocycles. The molecule has 0 radical (unpaired) electrons. The second-order valence-electron chi connectivity index (χ2n) is 5.64. The highest BCUT2D eigenvalue weighted by atomic mass is 19.4. The Kier molecular flexibility index (Phi) is 6.39. The van der Waals surface area contributed by atoms with Crippen LogP contribution < -0.4 is 0 Å². The fourth-order valence-corrected chi connectivity index (χ4v) is 2.41. The minimum absolute atomic E-state index is 0.0140. The number of alkyl halides is 3. The third-order valence-corrected chi connectivity index (χ3v) is 3.89. The zero-order valence-corrected chi connectivity index (χ0v) is 13.6. The Hall–Kier alpha value is -1.86. The summed E-state index contributed by atoms with van der Waals surface area (Å²) < 4.78 is 45.0. The van der Waals surface area contributed by atoms with Crippen molar-refractivity contribution in [2.24, 2.45) is 0 Å². The number of nitrogens with zero attached hydrogens (tertiary/aromatic N) is 2. The zero-order chi connectivity index (χ0) is 17.6. The molecule has 1 aliphatic heterocycles. The van der Waals surface area contributed by atoms with Gasteiger partial charge in [0.1, 0.15) is 0 Å². The molecule has 24 heavy (non-hydrogen) atoms. The molecular weight excluding hydrogens is 321 g/mol. The number of hydrogen-bond acceptors (Lipinski definition) is 3. The second-order valence-corrected chi connectivity index (χ2v) is 5.64. The summed E-state index contributed by atoms with van der Waals surface area (Å²) in [6, 6.07) is 7.36. The van der Waals surface area contributed by atoms with E-state index in [2.05, 4.69) is 4.90 Å². The van der Waals surface area contributed by atoms with Crippen molar-refractivity contribution >= 4 is 11.5 Å². The van der Waals surface area contributed by atoms with Crippen molar-refractivity contribution in [3.63, 3.8) is 0 Å². The Bertz CT molecular complexity index is 567. The van der Waals surface area contributed by atoms with E-state index in [0.29, 0.717) is 32.4 Å². The van der Waals surface area contributed by atoms with E-state index in [1.54, 1.807) is 6.07 Å². The number of carbonyl (C=O) groups excluding carboxylic acids is 1. The van der Waals surface area contributed by atoms with Gasteiger partial charge in [0.15, 0.2) is 0 Å². The summed E-state index contributed by atoms with van der Waals surface area (Å²) >= 11 is 0. The molecule has 1 fully saturated rings. The molecule has 4 nitrogen and oxygen atoms in total. The van der Waals surface area contributed by atoms with Crippen LogP contribution in [-0.2, 0) is 9.53 Å². The van der Waals surface area contributed by atoms with Crippen LogP contribution in [0.15, 0.2) is 36.4 Å². The maximum atomic E-state index is 13.2. The van der Waals surface area contributed by atoms with Gasteiger partial charge in [-0.2, -0.15) is 13.2 Å². The Morgan fingerprint density at radius 2 is 1.88 bits per heavy atom. The average Bonchev–Trinajstić information content (AvgIpc) is 2.58. The van der Waals surface area contributed by atoms with Crippen LogP contribution in [0, 0.1) is 0 Å². The molecule has 1 aromatic rings. The number of hydrogen-bond donors (Lipinski definition) is 0. The number of amides is 1. The summed E-state index contributed by atoms with van der Waals surface area (Å²) in [6.07, 6.45) is -3.91. The molecule has 1 aliphatic rings. The molecule has 132 valence electrons. The molecule has 0 spiro atoms. The summed E-state index contributed by atoms with van der Waals surface area (Å²) in [4.78, 5) is 15.6. The van der Waals surface area contributed by atoms with Crippen LogP contribution in [0.4, 0.5) is 13.2 Å². The largest absolute Gasteiger partial charge is 0.417 e. The van der Waals surface area contributed by atoms with E-state index in [-0.39, 0.29) is 5.56 Å². The molecule has 2 rings (SSSR count). The first kappa shape index (κ1) is 18.5. The molecule has 0 aliphatic carbocycles. The van der Waals surface area contributed by atoms with Crippen LogP contribution >= 0.6 is 0 Å². The lowest BCUT2D eigenvalue weighted by Gasteiger charge is -2.28. The third-order valence-electron chi connectivity index (χ3n) is 3.89. The number of morpholine rings is 1. The highest BCUT2D eigenvalue weighted by molar-refractivity contribution is 5.96. The van der Waals surface area contributed by atoms with Gasteiger partial charge in [-0.1, -0.05) is 30.3 Å². The second kappa shape index (κ2) is 8.30. The first-order valence-electron chi connectivity index (χ1n) is 7.77. The topological polar surface area (TPSA) is 32.8 Å². The van der Waals surface area contributed by atoms with Crippen LogP contribution in [0.2, 0.25) is 0 Å². The molecule has 0 unspecified atom stereocenters. The van der Waals surface area contributed by atoms with E-state index in [9.17, 15) is 18.0 Å². The lowest BCUT2D eigenvalue weighted by Crippen LogP contribution is -2.41. The molecule has 0 N–H and O–H groups in total. The number of rotatable bonds is 5. The molecule has 0 bridgehead atoms. The molecule has 1 amide bonds. The van der Waals surface area contributed by atoms with Gasteiger partial charge < -0.3 is 9.64 Å². The lowest BCUT2D eigenvalue weighted by molar-refractivity contribution is -0.125. The molecule has 0 saturated carbocycles. The van der Waals surface area contributed by atoms with Gasteiger partial charge in [0.2, 0.25) is 5.91 Å². The number of ether oxygens (including phenoxy) is 1. The third kappa shape index (κ3) is 5.35. The first-order valence-corrected chi connectivity index (χ1v) is 7.77. The van der Waals surface area contributed by atoms with E-state index in [4.69, 9.17) is 4.74 Å². The summed E-state index contributed by atoms with van der Waals surface area (Å²) in [5.41, 5.74) is -0.939. The van der Waals surface area contributed by atoms with Crippen LogP contribution in [0.3, 0.4) is 0 Å². The van der Waals surface area contributed by atoms with Crippen molar-refractivity contribution in [3.05, 3.63) is 42.0 Å². The van der Waals surface area contributed by atoms with E-state index < -0.39 is 17.7 Å². The molecular formula is C17H21F3N2O2. The van der Waals surface area contributed by atoms with E-state index in [1.807, 2.05) is 0 Å². The maximum Gasteiger partial charge on any atom is 0.417 e. The number of halogens is 3. The zero-order valence-electron chi connectivity index (χ0n) is 13.6. The molecule has 7 heteroatoms. The van der Waals surface area contributed by atoms with Crippen LogP contribution in [0.5, 0.6) is 0 Å². The fourth-order valence-electron chi connectivity index (χ4n) is 2.41. The van der Waals surface area contributed by atoms with Crippen molar-refractivity contribution in [3.8, 4) is 0 Å². The average molecular weight is 342 g/mol. The predicted molar refractivity (Wildman–Crippen MR) is 85.4 cm³/mol. The fraction of sp³-hybridized carbons (Fsp3) is 0.471. The Morgan fingerprint density at radius 3 is 2.46 bits per heavy atom. The van der Waals surface area contributed by atoms with Gasteiger partial charge in [0, 0.05) is 39.3 Å². The van der Waals surface area contributed by atoms with Gasteiger partial charge in [-0.05, 0) is 5.56 Å². The highest BCUT2D eigenvalue weighted by Gasteiger charge is 2.35. The normalized spacial score (nSPS) is 16.9. The highest BCUT2D eigenvalue weighted by Crippen LogP contribution is 2.33. The predicted octanol–water partition coefficient (Wildman–Crippen LogP) is 2.42. The van der Waals surface area contributed by atoms with Gasteiger partial charge in [0.25, 0.3) is 0 Å². The van der Waals surface area contributed by atoms with Crippen molar-refractivity contribution < 1.29 is 22.7 Å². The minimum Gasteiger partial charge on any atom is -0.379 e. The van der Waals surface area contributed by atoms with Gasteiger partial charge in [0.05, 0.1) is 18.8 Å². The monoisotopic (exact) mass is 342 g/mol. The van der Waals surface area contributed by atoms with Gasteiger partial charge >= 0.3 is 6.18 Å². The van der Waals surface area contributed by atoms with Crippen molar-refractivity contribution in [2.75, 3.05) is 46.4 Å². The summed E-state index contributed by atoms with van der Waals surface area (Å²) in [5, 5.41) is 0. The van der Waals surface area contributed by atoms with Crippen LogP contribution in [-0.4, -0.2) is 68.3 Å². The maximum absolute atomic E-state index is 13.2. The van der Waals surface area contributed by atoms with E-state index in [0.717, 1.165) is 13.1 Å². The summed E-state index contributed by atoms with van der Waals surface area (Å²) in [6.45, 7) is 3.82. The Labute approximate surface area is 139 Å². The number of benzene rings is 1. The summed E-state index contributed by atoms with van der Waals surface area (Å²) in [7, 11) is 1.51. The van der Waals surface area contributed by atoms with Crippen molar-refractivity contribution in [2.45, 2.75) is 6.18 Å². The van der Waals surface area contributed by atoms with Crippen LogP contribution in [0.25, 0.3) is 5.57 Å². The first-order chi connectivity index (χ1) is 11.4.